The Morgan fingerprint density at radius 2 is 1.92 bits per heavy atom. The smallest absolute Gasteiger partial charge is 0.319 e. The van der Waals surface area contributed by atoms with Crippen LogP contribution in [0, 0.1) is 0 Å². The molecule has 6 nitrogen and oxygen atoms in total. The summed E-state index contributed by atoms with van der Waals surface area (Å²) in [5.41, 5.74) is 2.16. The third-order valence-corrected chi connectivity index (χ3v) is 5.92. The van der Waals surface area contributed by atoms with Gasteiger partial charge in [0.1, 0.15) is 0 Å². The van der Waals surface area contributed by atoms with Gasteiger partial charge in [0.15, 0.2) is 0 Å². The van der Waals surface area contributed by atoms with Gasteiger partial charge < -0.3 is 10.6 Å². The second-order valence-electron chi connectivity index (χ2n) is 5.82. The van der Waals surface area contributed by atoms with Crippen molar-refractivity contribution in [3.05, 3.63) is 54.1 Å². The van der Waals surface area contributed by atoms with Crippen molar-refractivity contribution in [1.29, 1.82) is 0 Å². The fourth-order valence-electron chi connectivity index (χ4n) is 2.92. The molecule has 0 aromatic heterocycles. The molecule has 2 amide bonds. The second-order valence-corrected chi connectivity index (χ2v) is 7.68. The van der Waals surface area contributed by atoms with E-state index in [-0.39, 0.29) is 10.9 Å². The Bertz CT molecular complexity index is 866. The number of anilines is 2. The van der Waals surface area contributed by atoms with Crippen molar-refractivity contribution < 1.29 is 13.2 Å². The quantitative estimate of drug-likeness (QED) is 0.881. The minimum Gasteiger partial charge on any atom is -0.338 e. The number of rotatable bonds is 4. The largest absolute Gasteiger partial charge is 0.338 e. The van der Waals surface area contributed by atoms with Gasteiger partial charge in [-0.05, 0) is 49.6 Å². The molecular formula is C18H21N3O3S. The summed E-state index contributed by atoms with van der Waals surface area (Å²) in [6, 6.07) is 13.5. The highest BCUT2D eigenvalue weighted by molar-refractivity contribution is 7.92. The van der Waals surface area contributed by atoms with Gasteiger partial charge in [0.25, 0.3) is 10.0 Å². The van der Waals surface area contributed by atoms with Crippen LogP contribution in [0.5, 0.6) is 0 Å². The Hall–Kier alpha value is -2.54. The lowest BCUT2D eigenvalue weighted by Gasteiger charge is -2.31. The lowest BCUT2D eigenvalue weighted by Crippen LogP contribution is -2.35. The number of sulfonamides is 1. The molecule has 132 valence electrons. The highest BCUT2D eigenvalue weighted by Crippen LogP contribution is 2.34. The van der Waals surface area contributed by atoms with Gasteiger partial charge >= 0.3 is 6.03 Å². The van der Waals surface area contributed by atoms with E-state index in [2.05, 4.69) is 10.6 Å². The summed E-state index contributed by atoms with van der Waals surface area (Å²) in [5, 5.41) is 5.39. The predicted octanol–water partition coefficient (Wildman–Crippen LogP) is 2.97. The Morgan fingerprint density at radius 1 is 1.16 bits per heavy atom. The molecular weight excluding hydrogens is 338 g/mol. The van der Waals surface area contributed by atoms with Gasteiger partial charge in [0, 0.05) is 18.8 Å². The Labute approximate surface area is 147 Å². The number of hydrogen-bond acceptors (Lipinski definition) is 3. The van der Waals surface area contributed by atoms with Crippen LogP contribution in [-0.4, -0.2) is 27.5 Å². The maximum absolute atomic E-state index is 13.0. The van der Waals surface area contributed by atoms with Gasteiger partial charge in [-0.2, -0.15) is 0 Å². The molecule has 0 saturated carbocycles. The molecule has 2 N–H and O–H groups in total. The summed E-state index contributed by atoms with van der Waals surface area (Å²) < 4.78 is 27.5. The highest BCUT2D eigenvalue weighted by Gasteiger charge is 2.29. The number of carbonyl (C=O) groups is 1. The van der Waals surface area contributed by atoms with E-state index in [1.807, 2.05) is 13.0 Å². The maximum atomic E-state index is 13.0. The lowest BCUT2D eigenvalue weighted by molar-refractivity contribution is 0.252. The molecule has 1 aliphatic heterocycles. The van der Waals surface area contributed by atoms with E-state index >= 15 is 0 Å². The monoisotopic (exact) mass is 359 g/mol. The first-order valence-corrected chi connectivity index (χ1v) is 9.72. The number of aryl methyl sites for hydroxylation is 1. The summed E-state index contributed by atoms with van der Waals surface area (Å²) in [7, 11) is -3.63. The van der Waals surface area contributed by atoms with Crippen LogP contribution in [0.25, 0.3) is 0 Å². The van der Waals surface area contributed by atoms with Crippen molar-refractivity contribution in [2.75, 3.05) is 22.7 Å². The normalized spacial score (nSPS) is 13.9. The van der Waals surface area contributed by atoms with Gasteiger partial charge in [0.2, 0.25) is 0 Å². The summed E-state index contributed by atoms with van der Waals surface area (Å²) in [4.78, 5) is 12.0. The number of fused-ring (bicyclic) bond motifs is 1. The summed E-state index contributed by atoms with van der Waals surface area (Å²) in [6.07, 6.45) is 1.58. The Morgan fingerprint density at radius 3 is 2.64 bits per heavy atom. The summed E-state index contributed by atoms with van der Waals surface area (Å²) in [5.74, 6) is 0. The summed E-state index contributed by atoms with van der Waals surface area (Å²) >= 11 is 0. The molecule has 0 aliphatic carbocycles. The number of carbonyl (C=O) groups excluding carboxylic acids is 1. The van der Waals surface area contributed by atoms with E-state index in [0.29, 0.717) is 24.5 Å². The third kappa shape index (κ3) is 3.61. The van der Waals surface area contributed by atoms with Crippen LogP contribution < -0.4 is 14.9 Å². The first-order chi connectivity index (χ1) is 12.0. The topological polar surface area (TPSA) is 78.5 Å². The fraction of sp³-hybridized carbons (Fsp3) is 0.278. The molecule has 0 spiro atoms. The van der Waals surface area contributed by atoms with Crippen molar-refractivity contribution in [3.63, 3.8) is 0 Å². The van der Waals surface area contributed by atoms with Crippen molar-refractivity contribution in [2.24, 2.45) is 0 Å². The molecule has 0 radical (unpaired) electrons. The number of benzene rings is 2. The zero-order valence-corrected chi connectivity index (χ0v) is 14.8. The SMILES string of the molecule is CCNC(=O)Nc1ccc2c(c1)N(S(=O)(=O)c1ccccc1)CCC2. The van der Waals surface area contributed by atoms with Gasteiger partial charge in [-0.3, -0.25) is 4.31 Å². The van der Waals surface area contributed by atoms with Crippen molar-refractivity contribution >= 4 is 27.4 Å². The van der Waals surface area contributed by atoms with E-state index in [9.17, 15) is 13.2 Å². The molecule has 0 bridgehead atoms. The van der Waals surface area contributed by atoms with Crippen LogP contribution in [0.1, 0.15) is 18.9 Å². The molecule has 0 fully saturated rings. The number of nitrogens with zero attached hydrogens (tertiary/aromatic N) is 1. The van der Waals surface area contributed by atoms with Crippen LogP contribution in [0.15, 0.2) is 53.4 Å². The Balaban J connectivity index is 1.96. The van der Waals surface area contributed by atoms with E-state index in [1.54, 1.807) is 42.5 Å². The molecule has 0 atom stereocenters. The third-order valence-electron chi connectivity index (χ3n) is 4.09. The lowest BCUT2D eigenvalue weighted by atomic mass is 10.0. The van der Waals surface area contributed by atoms with Crippen LogP contribution in [-0.2, 0) is 16.4 Å². The molecule has 0 saturated heterocycles. The molecule has 1 aliphatic rings. The molecule has 1 heterocycles. The first kappa shape index (κ1) is 17.3. The van der Waals surface area contributed by atoms with Gasteiger partial charge in [-0.25, -0.2) is 13.2 Å². The average molecular weight is 359 g/mol. The van der Waals surface area contributed by atoms with Crippen molar-refractivity contribution in [1.82, 2.24) is 5.32 Å². The zero-order valence-electron chi connectivity index (χ0n) is 14.0. The zero-order chi connectivity index (χ0) is 17.9. The molecule has 7 heteroatoms. The van der Waals surface area contributed by atoms with Crippen LogP contribution in [0.2, 0.25) is 0 Å². The van der Waals surface area contributed by atoms with E-state index < -0.39 is 10.0 Å². The average Bonchev–Trinajstić information content (AvgIpc) is 2.62. The van der Waals surface area contributed by atoms with E-state index in [4.69, 9.17) is 0 Å². The van der Waals surface area contributed by atoms with E-state index in [0.717, 1.165) is 18.4 Å². The molecule has 25 heavy (non-hydrogen) atoms. The van der Waals surface area contributed by atoms with Crippen LogP contribution >= 0.6 is 0 Å². The van der Waals surface area contributed by atoms with Gasteiger partial charge in [-0.15, -0.1) is 0 Å². The number of amides is 2. The van der Waals surface area contributed by atoms with Crippen LogP contribution in [0.3, 0.4) is 0 Å². The van der Waals surface area contributed by atoms with E-state index in [1.165, 1.54) is 4.31 Å². The standard InChI is InChI=1S/C18H21N3O3S/c1-2-19-18(22)20-15-11-10-14-7-6-12-21(17(14)13-15)25(23,24)16-8-4-3-5-9-16/h3-5,8-11,13H,2,6-7,12H2,1H3,(H2,19,20,22). The van der Waals surface area contributed by atoms with Crippen molar-refractivity contribution in [2.45, 2.75) is 24.7 Å². The number of hydrogen-bond donors (Lipinski definition) is 2. The highest BCUT2D eigenvalue weighted by atomic mass is 32.2. The first-order valence-electron chi connectivity index (χ1n) is 8.28. The maximum Gasteiger partial charge on any atom is 0.319 e. The fourth-order valence-corrected chi connectivity index (χ4v) is 4.48. The minimum absolute atomic E-state index is 0.268. The molecule has 2 aromatic carbocycles. The molecule has 0 unspecified atom stereocenters. The van der Waals surface area contributed by atoms with Crippen molar-refractivity contribution in [3.8, 4) is 0 Å². The van der Waals surface area contributed by atoms with Gasteiger partial charge in [0.05, 0.1) is 10.6 Å². The van der Waals surface area contributed by atoms with Crippen LogP contribution in [0.4, 0.5) is 16.2 Å². The predicted molar refractivity (Wildman–Crippen MR) is 98.4 cm³/mol. The number of nitrogens with one attached hydrogen (secondary N) is 2. The van der Waals surface area contributed by atoms with Gasteiger partial charge in [-0.1, -0.05) is 24.3 Å². The molecule has 2 aromatic rings. The molecule has 3 rings (SSSR count). The number of urea groups is 1. The minimum atomic E-state index is -3.63. The summed E-state index contributed by atoms with van der Waals surface area (Å²) in [6.45, 7) is 2.78. The Kier molecular flexibility index (Phi) is 4.94. The second kappa shape index (κ2) is 7.14.